The largest absolute Gasteiger partial charge is 0.466 e. The summed E-state index contributed by atoms with van der Waals surface area (Å²) in [6, 6.07) is 2.17. The maximum absolute atomic E-state index is 13.0. The highest BCUT2D eigenvalue weighted by Gasteiger charge is 2.58. The van der Waals surface area contributed by atoms with Gasteiger partial charge in [-0.15, -0.1) is 0 Å². The van der Waals surface area contributed by atoms with Crippen LogP contribution >= 0.6 is 0 Å². The average molecular weight is 303 g/mol. The van der Waals surface area contributed by atoms with Crippen LogP contribution in [-0.4, -0.2) is 27.2 Å². The first kappa shape index (κ1) is 15.1. The molecule has 3 N–H and O–H groups in total. The third-order valence-corrected chi connectivity index (χ3v) is 2.82. The molecule has 2 heterocycles. The van der Waals surface area contributed by atoms with Crippen LogP contribution in [0.15, 0.2) is 35.2 Å². The van der Waals surface area contributed by atoms with Crippen LogP contribution in [0.4, 0.5) is 13.2 Å². The molecule has 1 amide bonds. The molecule has 6 nitrogen and oxygen atoms in total. The number of hydrogen-bond donors (Lipinski definition) is 3. The van der Waals surface area contributed by atoms with Gasteiger partial charge in [0, 0.05) is 12.4 Å². The normalized spacial score (nSPS) is 14.7. The van der Waals surface area contributed by atoms with Gasteiger partial charge in [0.15, 0.2) is 0 Å². The minimum absolute atomic E-state index is 0.0715. The molecular weight excluding hydrogens is 291 g/mol. The minimum Gasteiger partial charge on any atom is -0.466 e. The Kier molecular flexibility index (Phi) is 4.03. The molecule has 9 heteroatoms. The number of amides is 1. The molecule has 0 radical (unpaired) electrons. The van der Waals surface area contributed by atoms with E-state index in [9.17, 15) is 23.1 Å². The van der Waals surface area contributed by atoms with E-state index in [2.05, 4.69) is 19.7 Å². The van der Waals surface area contributed by atoms with Gasteiger partial charge in [0.25, 0.3) is 0 Å². The summed E-state index contributed by atoms with van der Waals surface area (Å²) in [6.45, 7) is -0.0715. The summed E-state index contributed by atoms with van der Waals surface area (Å²) in [7, 11) is 0. The molecule has 114 valence electrons. The number of aromatic amines is 1. The van der Waals surface area contributed by atoms with Crippen molar-refractivity contribution >= 4 is 5.91 Å². The third-order valence-electron chi connectivity index (χ3n) is 2.82. The number of halogens is 3. The molecule has 0 aliphatic carbocycles. The van der Waals surface area contributed by atoms with Gasteiger partial charge in [0.05, 0.1) is 19.2 Å². The van der Waals surface area contributed by atoms with Crippen LogP contribution in [0.5, 0.6) is 0 Å². The SMILES string of the molecule is O=C(C[C@](O)(c1ccco1)C(F)(F)F)NCc1ncc[nH]1. The van der Waals surface area contributed by atoms with Gasteiger partial charge >= 0.3 is 6.18 Å². The first-order valence-electron chi connectivity index (χ1n) is 5.91. The molecule has 0 aromatic carbocycles. The van der Waals surface area contributed by atoms with Crippen molar-refractivity contribution < 1.29 is 27.5 Å². The first-order valence-corrected chi connectivity index (χ1v) is 5.91. The lowest BCUT2D eigenvalue weighted by molar-refractivity contribution is -0.273. The zero-order chi connectivity index (χ0) is 15.5. The van der Waals surface area contributed by atoms with Crippen LogP contribution in [0.1, 0.15) is 18.0 Å². The van der Waals surface area contributed by atoms with Crippen molar-refractivity contribution in [3.63, 3.8) is 0 Å². The molecule has 0 spiro atoms. The van der Waals surface area contributed by atoms with Crippen molar-refractivity contribution in [2.45, 2.75) is 24.7 Å². The number of carbonyl (C=O) groups is 1. The molecule has 21 heavy (non-hydrogen) atoms. The standard InChI is InChI=1S/C12H12F3N3O3/c13-12(14,15)11(20,8-2-1-5-21-8)6-10(19)18-7-9-16-3-4-17-9/h1-5,20H,6-7H2,(H,16,17)(H,18,19)/t11-/m0/s1. The zero-order valence-electron chi connectivity index (χ0n) is 10.6. The molecule has 0 saturated heterocycles. The highest BCUT2D eigenvalue weighted by Crippen LogP contribution is 2.41. The number of carbonyl (C=O) groups excluding carboxylic acids is 1. The Morgan fingerprint density at radius 2 is 2.24 bits per heavy atom. The van der Waals surface area contributed by atoms with E-state index in [0.29, 0.717) is 5.82 Å². The van der Waals surface area contributed by atoms with Crippen LogP contribution in [0, 0.1) is 0 Å². The Hall–Kier alpha value is -2.29. The number of imidazole rings is 1. The van der Waals surface area contributed by atoms with Crippen LogP contribution in [-0.2, 0) is 16.9 Å². The molecule has 0 aliphatic heterocycles. The van der Waals surface area contributed by atoms with Crippen LogP contribution in [0.3, 0.4) is 0 Å². The van der Waals surface area contributed by atoms with Crippen molar-refractivity contribution in [2.75, 3.05) is 0 Å². The Balaban J connectivity index is 2.07. The summed E-state index contributed by atoms with van der Waals surface area (Å²) in [6.07, 6.45) is -2.31. The predicted molar refractivity (Wildman–Crippen MR) is 63.7 cm³/mol. The highest BCUT2D eigenvalue weighted by atomic mass is 19.4. The van der Waals surface area contributed by atoms with E-state index in [0.717, 1.165) is 12.3 Å². The van der Waals surface area contributed by atoms with Gasteiger partial charge in [0.1, 0.15) is 11.6 Å². The fourth-order valence-electron chi connectivity index (χ4n) is 1.71. The van der Waals surface area contributed by atoms with Crippen molar-refractivity contribution in [1.29, 1.82) is 0 Å². The Morgan fingerprint density at radius 3 is 2.76 bits per heavy atom. The topological polar surface area (TPSA) is 91.2 Å². The Morgan fingerprint density at radius 1 is 1.48 bits per heavy atom. The Labute approximate surface area is 117 Å². The van der Waals surface area contributed by atoms with E-state index in [1.807, 2.05) is 0 Å². The van der Waals surface area contributed by atoms with Gasteiger partial charge in [-0.25, -0.2) is 4.98 Å². The molecule has 0 aliphatic rings. The van der Waals surface area contributed by atoms with E-state index < -0.39 is 29.9 Å². The zero-order valence-corrected chi connectivity index (χ0v) is 10.6. The van der Waals surface area contributed by atoms with E-state index in [1.54, 1.807) is 0 Å². The maximum Gasteiger partial charge on any atom is 0.425 e. The number of aromatic nitrogens is 2. The molecule has 1 atom stereocenters. The van der Waals surface area contributed by atoms with Crippen LogP contribution in [0.2, 0.25) is 0 Å². The number of H-pyrrole nitrogens is 1. The fourth-order valence-corrected chi connectivity index (χ4v) is 1.71. The van der Waals surface area contributed by atoms with Gasteiger partial charge in [-0.2, -0.15) is 13.2 Å². The fraction of sp³-hybridized carbons (Fsp3) is 0.333. The monoisotopic (exact) mass is 303 g/mol. The van der Waals surface area contributed by atoms with Crippen molar-refractivity contribution in [3.05, 3.63) is 42.4 Å². The number of nitrogens with one attached hydrogen (secondary N) is 2. The van der Waals surface area contributed by atoms with Gasteiger partial charge in [0.2, 0.25) is 11.5 Å². The lowest BCUT2D eigenvalue weighted by Gasteiger charge is -2.27. The summed E-state index contributed by atoms with van der Waals surface area (Å²) < 4.78 is 43.7. The lowest BCUT2D eigenvalue weighted by atomic mass is 9.95. The predicted octanol–water partition coefficient (Wildman–Crippen LogP) is 1.46. The van der Waals surface area contributed by atoms with Gasteiger partial charge in [-0.05, 0) is 12.1 Å². The van der Waals surface area contributed by atoms with E-state index in [4.69, 9.17) is 0 Å². The molecular formula is C12H12F3N3O3. The summed E-state index contributed by atoms with van der Waals surface area (Å²) in [4.78, 5) is 18.1. The van der Waals surface area contributed by atoms with Crippen molar-refractivity contribution in [2.24, 2.45) is 0 Å². The van der Waals surface area contributed by atoms with Gasteiger partial charge in [-0.1, -0.05) is 0 Å². The second-order valence-electron chi connectivity index (χ2n) is 4.32. The van der Waals surface area contributed by atoms with Crippen molar-refractivity contribution in [1.82, 2.24) is 15.3 Å². The summed E-state index contributed by atoms with van der Waals surface area (Å²) >= 11 is 0. The summed E-state index contributed by atoms with van der Waals surface area (Å²) in [5.41, 5.74) is -3.37. The second kappa shape index (κ2) is 5.60. The molecule has 2 rings (SSSR count). The number of furan rings is 1. The number of alkyl halides is 3. The Bertz CT molecular complexity index is 581. The second-order valence-corrected chi connectivity index (χ2v) is 4.32. The number of nitrogens with zero attached hydrogens (tertiary/aromatic N) is 1. The summed E-state index contributed by atoms with van der Waals surface area (Å²) in [5, 5.41) is 12.1. The third kappa shape index (κ3) is 3.24. The van der Waals surface area contributed by atoms with E-state index >= 15 is 0 Å². The average Bonchev–Trinajstić information content (AvgIpc) is 3.08. The van der Waals surface area contributed by atoms with E-state index in [1.165, 1.54) is 18.5 Å². The van der Waals surface area contributed by atoms with Crippen molar-refractivity contribution in [3.8, 4) is 0 Å². The molecule has 0 unspecified atom stereocenters. The number of hydrogen-bond acceptors (Lipinski definition) is 4. The van der Waals surface area contributed by atoms with Gasteiger partial charge in [-0.3, -0.25) is 4.79 Å². The highest BCUT2D eigenvalue weighted by molar-refractivity contribution is 5.77. The smallest absolute Gasteiger partial charge is 0.425 e. The van der Waals surface area contributed by atoms with Gasteiger partial charge < -0.3 is 19.8 Å². The molecule has 0 saturated carbocycles. The number of aliphatic hydroxyl groups is 1. The maximum atomic E-state index is 13.0. The minimum atomic E-state index is -5.05. The molecule has 0 fully saturated rings. The first-order chi connectivity index (χ1) is 9.83. The molecule has 2 aromatic rings. The van der Waals surface area contributed by atoms with Crippen LogP contribution < -0.4 is 5.32 Å². The van der Waals surface area contributed by atoms with E-state index in [-0.39, 0.29) is 6.54 Å². The summed E-state index contributed by atoms with van der Waals surface area (Å²) in [5.74, 6) is -1.33. The lowest BCUT2D eigenvalue weighted by Crippen LogP contribution is -2.46. The number of rotatable bonds is 5. The quantitative estimate of drug-likeness (QED) is 0.780. The molecule has 2 aromatic heterocycles. The molecule has 0 bridgehead atoms. The van der Waals surface area contributed by atoms with Crippen LogP contribution in [0.25, 0.3) is 0 Å².